The van der Waals surface area contributed by atoms with Gasteiger partial charge >= 0.3 is 6.18 Å². The molecular weight excluding hydrogens is 321 g/mol. The van der Waals surface area contributed by atoms with E-state index in [-0.39, 0.29) is 43.1 Å². The Hall–Kier alpha value is -0.530. The van der Waals surface area contributed by atoms with Gasteiger partial charge in [0.2, 0.25) is 5.91 Å². The standard InChI is InChI=1S/C14H23F3N2O2.ClH/c15-14(16,17)11-3-1-2-10(6-11)8-19-13(20)7-12-9-21-5-4-18-12;/h10-12,18H,1-9H2,(H,19,20);1H. The van der Waals surface area contributed by atoms with E-state index in [1.807, 2.05) is 0 Å². The maximum atomic E-state index is 12.7. The molecule has 1 heterocycles. The van der Waals surface area contributed by atoms with Gasteiger partial charge in [-0.25, -0.2) is 0 Å². The van der Waals surface area contributed by atoms with Crippen molar-refractivity contribution >= 4 is 18.3 Å². The number of rotatable bonds is 4. The molecule has 0 spiro atoms. The zero-order valence-electron chi connectivity index (χ0n) is 12.5. The quantitative estimate of drug-likeness (QED) is 0.822. The van der Waals surface area contributed by atoms with Crippen molar-refractivity contribution in [1.82, 2.24) is 10.6 Å². The Balaban J connectivity index is 0.00000242. The van der Waals surface area contributed by atoms with E-state index in [4.69, 9.17) is 4.74 Å². The summed E-state index contributed by atoms with van der Waals surface area (Å²) in [6, 6.07) is 0.00743. The summed E-state index contributed by atoms with van der Waals surface area (Å²) in [5.74, 6) is -1.39. The summed E-state index contributed by atoms with van der Waals surface area (Å²) < 4.78 is 43.4. The Labute approximate surface area is 134 Å². The molecule has 2 aliphatic rings. The second-order valence-electron chi connectivity index (χ2n) is 6.01. The molecule has 22 heavy (non-hydrogen) atoms. The minimum absolute atomic E-state index is 0. The predicted molar refractivity (Wildman–Crippen MR) is 79.0 cm³/mol. The summed E-state index contributed by atoms with van der Waals surface area (Å²) >= 11 is 0. The maximum absolute atomic E-state index is 12.7. The minimum Gasteiger partial charge on any atom is -0.378 e. The second-order valence-corrected chi connectivity index (χ2v) is 6.01. The normalized spacial score (nSPS) is 29.5. The summed E-state index contributed by atoms with van der Waals surface area (Å²) in [6.45, 7) is 2.23. The van der Waals surface area contributed by atoms with Crippen LogP contribution in [0.4, 0.5) is 13.2 Å². The highest BCUT2D eigenvalue weighted by atomic mass is 35.5. The van der Waals surface area contributed by atoms with Gasteiger partial charge in [-0.2, -0.15) is 13.2 Å². The average Bonchev–Trinajstić information content (AvgIpc) is 2.46. The SMILES string of the molecule is Cl.O=C(CC1COCCN1)NCC1CCCC(C(F)(F)F)C1. The highest BCUT2D eigenvalue weighted by molar-refractivity contribution is 5.85. The van der Waals surface area contributed by atoms with Crippen LogP contribution in [0, 0.1) is 11.8 Å². The molecular formula is C14H24ClF3N2O2. The minimum atomic E-state index is -4.11. The van der Waals surface area contributed by atoms with Gasteiger partial charge in [-0.1, -0.05) is 6.42 Å². The lowest BCUT2D eigenvalue weighted by Crippen LogP contribution is -2.45. The maximum Gasteiger partial charge on any atom is 0.391 e. The number of carbonyl (C=O) groups excluding carboxylic acids is 1. The molecule has 130 valence electrons. The summed E-state index contributed by atoms with van der Waals surface area (Å²) in [7, 11) is 0. The third-order valence-electron chi connectivity index (χ3n) is 4.26. The van der Waals surface area contributed by atoms with Crippen molar-refractivity contribution in [2.24, 2.45) is 11.8 Å². The van der Waals surface area contributed by atoms with E-state index >= 15 is 0 Å². The Bertz CT molecular complexity index is 349. The molecule has 1 saturated carbocycles. The van der Waals surface area contributed by atoms with Crippen LogP contribution in [0.2, 0.25) is 0 Å². The van der Waals surface area contributed by atoms with Crippen molar-refractivity contribution < 1.29 is 22.7 Å². The summed E-state index contributed by atoms with van der Waals surface area (Å²) in [5, 5.41) is 5.95. The number of ether oxygens (including phenoxy) is 1. The van der Waals surface area contributed by atoms with Crippen LogP contribution in [0.15, 0.2) is 0 Å². The van der Waals surface area contributed by atoms with Gasteiger partial charge in [-0.05, 0) is 25.2 Å². The fraction of sp³-hybridized carbons (Fsp3) is 0.929. The molecule has 2 rings (SSSR count). The first-order valence-corrected chi connectivity index (χ1v) is 7.59. The molecule has 8 heteroatoms. The molecule has 0 aromatic carbocycles. The van der Waals surface area contributed by atoms with Crippen molar-refractivity contribution in [3.63, 3.8) is 0 Å². The highest BCUT2D eigenvalue weighted by Gasteiger charge is 2.42. The van der Waals surface area contributed by atoms with Crippen molar-refractivity contribution in [2.75, 3.05) is 26.3 Å². The molecule has 1 saturated heterocycles. The van der Waals surface area contributed by atoms with E-state index in [0.717, 1.165) is 13.0 Å². The van der Waals surface area contributed by atoms with E-state index in [2.05, 4.69) is 10.6 Å². The van der Waals surface area contributed by atoms with Crippen molar-refractivity contribution in [3.05, 3.63) is 0 Å². The van der Waals surface area contributed by atoms with Crippen LogP contribution in [-0.2, 0) is 9.53 Å². The zero-order chi connectivity index (χ0) is 15.3. The second kappa shape index (κ2) is 8.93. The van der Waals surface area contributed by atoms with Crippen LogP contribution in [-0.4, -0.2) is 44.4 Å². The number of amides is 1. The van der Waals surface area contributed by atoms with E-state index in [9.17, 15) is 18.0 Å². The molecule has 4 nitrogen and oxygen atoms in total. The van der Waals surface area contributed by atoms with Crippen LogP contribution in [0.25, 0.3) is 0 Å². The molecule has 2 fully saturated rings. The zero-order valence-corrected chi connectivity index (χ0v) is 13.3. The molecule has 1 amide bonds. The monoisotopic (exact) mass is 344 g/mol. The van der Waals surface area contributed by atoms with E-state index < -0.39 is 12.1 Å². The average molecular weight is 345 g/mol. The van der Waals surface area contributed by atoms with Gasteiger partial charge in [-0.3, -0.25) is 4.79 Å². The molecule has 0 aromatic rings. The molecule has 0 aromatic heterocycles. The Morgan fingerprint density at radius 3 is 2.73 bits per heavy atom. The third-order valence-corrected chi connectivity index (χ3v) is 4.26. The van der Waals surface area contributed by atoms with Gasteiger partial charge in [-0.15, -0.1) is 12.4 Å². The van der Waals surface area contributed by atoms with Crippen LogP contribution in [0.1, 0.15) is 32.1 Å². The first-order valence-electron chi connectivity index (χ1n) is 7.59. The lowest BCUT2D eigenvalue weighted by Gasteiger charge is -2.30. The predicted octanol–water partition coefficient (Wildman–Crippen LogP) is 2.27. The lowest BCUT2D eigenvalue weighted by molar-refractivity contribution is -0.185. The lowest BCUT2D eigenvalue weighted by atomic mass is 9.81. The molecule has 1 aliphatic carbocycles. The van der Waals surface area contributed by atoms with Gasteiger partial charge < -0.3 is 15.4 Å². The number of nitrogens with one attached hydrogen (secondary N) is 2. The van der Waals surface area contributed by atoms with Gasteiger partial charge in [0.1, 0.15) is 0 Å². The number of hydrogen-bond donors (Lipinski definition) is 2. The first-order chi connectivity index (χ1) is 9.95. The molecule has 3 unspecified atom stereocenters. The van der Waals surface area contributed by atoms with Gasteiger partial charge in [0.15, 0.2) is 0 Å². The van der Waals surface area contributed by atoms with Crippen molar-refractivity contribution in [1.29, 1.82) is 0 Å². The van der Waals surface area contributed by atoms with Crippen LogP contribution in [0.5, 0.6) is 0 Å². The van der Waals surface area contributed by atoms with Gasteiger partial charge in [0.05, 0.1) is 19.1 Å². The fourth-order valence-corrected chi connectivity index (χ4v) is 3.08. The molecule has 0 radical (unpaired) electrons. The van der Waals surface area contributed by atoms with Crippen LogP contribution >= 0.6 is 12.4 Å². The number of morpholine rings is 1. The Morgan fingerprint density at radius 1 is 1.32 bits per heavy atom. The smallest absolute Gasteiger partial charge is 0.378 e. The fourth-order valence-electron chi connectivity index (χ4n) is 3.08. The number of alkyl halides is 3. The third kappa shape index (κ3) is 6.30. The Morgan fingerprint density at radius 2 is 2.09 bits per heavy atom. The largest absolute Gasteiger partial charge is 0.391 e. The number of carbonyl (C=O) groups is 1. The molecule has 3 atom stereocenters. The summed E-state index contributed by atoms with van der Waals surface area (Å²) in [5.41, 5.74) is 0. The number of hydrogen-bond acceptors (Lipinski definition) is 3. The first kappa shape index (κ1) is 19.5. The van der Waals surface area contributed by atoms with Crippen molar-refractivity contribution in [3.8, 4) is 0 Å². The van der Waals surface area contributed by atoms with Crippen molar-refractivity contribution in [2.45, 2.75) is 44.3 Å². The molecule has 1 aliphatic heterocycles. The van der Waals surface area contributed by atoms with E-state index in [1.54, 1.807) is 0 Å². The topological polar surface area (TPSA) is 50.4 Å². The summed E-state index contributed by atoms with van der Waals surface area (Å²) in [4.78, 5) is 11.8. The van der Waals surface area contributed by atoms with Gasteiger partial charge in [0, 0.05) is 25.6 Å². The van der Waals surface area contributed by atoms with E-state index in [1.165, 1.54) is 0 Å². The highest BCUT2D eigenvalue weighted by Crippen LogP contribution is 2.39. The Kier molecular flexibility index (Phi) is 7.93. The van der Waals surface area contributed by atoms with Crippen LogP contribution < -0.4 is 10.6 Å². The van der Waals surface area contributed by atoms with E-state index in [0.29, 0.717) is 32.6 Å². The summed E-state index contributed by atoms with van der Waals surface area (Å²) in [6.07, 6.45) is -2.09. The van der Waals surface area contributed by atoms with Gasteiger partial charge in [0.25, 0.3) is 0 Å². The molecule has 0 bridgehead atoms. The number of halogens is 4. The molecule has 2 N–H and O–H groups in total. The van der Waals surface area contributed by atoms with Crippen LogP contribution in [0.3, 0.4) is 0 Å².